The van der Waals surface area contributed by atoms with E-state index in [9.17, 15) is 14.4 Å². The van der Waals surface area contributed by atoms with Gasteiger partial charge in [-0.1, -0.05) is 0 Å². The number of carbonyl (C=O) groups is 3. The maximum atomic E-state index is 12.5. The number of ketones is 1. The van der Waals surface area contributed by atoms with Crippen molar-refractivity contribution in [1.29, 1.82) is 0 Å². The van der Waals surface area contributed by atoms with Crippen LogP contribution in [0.4, 0.5) is 10.6 Å². The number of methoxy groups -OCH3 is 1. The Morgan fingerprint density at radius 1 is 1.15 bits per heavy atom. The summed E-state index contributed by atoms with van der Waals surface area (Å²) in [5, 5.41) is 0. The van der Waals surface area contributed by atoms with Crippen molar-refractivity contribution >= 4 is 23.7 Å². The summed E-state index contributed by atoms with van der Waals surface area (Å²) in [6.07, 6.45) is 2.06. The minimum Gasteiger partial charge on any atom is -0.469 e. The Morgan fingerprint density at radius 2 is 1.85 bits per heavy atom. The first-order valence-electron chi connectivity index (χ1n) is 8.64. The molecule has 26 heavy (non-hydrogen) atoms. The number of aryl methyl sites for hydroxylation is 1. The van der Waals surface area contributed by atoms with Crippen molar-refractivity contribution in [3.8, 4) is 0 Å². The molecule has 0 aliphatic heterocycles. The lowest BCUT2D eigenvalue weighted by Crippen LogP contribution is -2.38. The highest BCUT2D eigenvalue weighted by molar-refractivity contribution is 5.87. The third kappa shape index (κ3) is 8.09. The number of ether oxygens (including phenoxy) is 2. The Bertz CT molecular complexity index is 637. The van der Waals surface area contributed by atoms with Gasteiger partial charge < -0.3 is 9.47 Å². The van der Waals surface area contributed by atoms with Gasteiger partial charge in [0.1, 0.15) is 17.2 Å². The summed E-state index contributed by atoms with van der Waals surface area (Å²) in [6, 6.07) is 3.64. The topological polar surface area (TPSA) is 85.8 Å². The van der Waals surface area contributed by atoms with Crippen LogP contribution in [-0.4, -0.2) is 42.1 Å². The molecular weight excluding hydrogens is 336 g/mol. The van der Waals surface area contributed by atoms with Crippen LogP contribution >= 0.6 is 0 Å². The van der Waals surface area contributed by atoms with Crippen LogP contribution in [0.25, 0.3) is 0 Å². The van der Waals surface area contributed by atoms with E-state index in [-0.39, 0.29) is 25.0 Å². The summed E-state index contributed by atoms with van der Waals surface area (Å²) in [4.78, 5) is 41.2. The van der Waals surface area contributed by atoms with Gasteiger partial charge in [0.05, 0.1) is 13.5 Å². The first kappa shape index (κ1) is 21.6. The van der Waals surface area contributed by atoms with E-state index in [1.54, 1.807) is 33.0 Å². The Hall–Kier alpha value is -2.44. The first-order valence-corrected chi connectivity index (χ1v) is 8.64. The minimum atomic E-state index is -0.629. The number of nitrogens with zero attached hydrogens (tertiary/aromatic N) is 2. The average molecular weight is 364 g/mol. The molecule has 0 fully saturated rings. The normalized spacial score (nSPS) is 11.0. The van der Waals surface area contributed by atoms with Gasteiger partial charge in [0.15, 0.2) is 0 Å². The molecule has 0 spiro atoms. The second kappa shape index (κ2) is 9.89. The number of esters is 1. The van der Waals surface area contributed by atoms with E-state index >= 15 is 0 Å². The van der Waals surface area contributed by atoms with Gasteiger partial charge in [-0.3, -0.25) is 14.5 Å². The molecule has 0 aliphatic rings. The predicted octanol–water partition coefficient (Wildman–Crippen LogP) is 3.43. The zero-order valence-corrected chi connectivity index (χ0v) is 16.2. The van der Waals surface area contributed by atoms with Gasteiger partial charge in [-0.2, -0.15) is 0 Å². The molecule has 0 N–H and O–H groups in total. The molecule has 0 aromatic carbocycles. The fourth-order valence-electron chi connectivity index (χ4n) is 2.19. The molecule has 7 heteroatoms. The minimum absolute atomic E-state index is 0.0447. The number of anilines is 1. The van der Waals surface area contributed by atoms with Gasteiger partial charge in [-0.05, 0) is 51.8 Å². The molecule has 1 heterocycles. The number of carbonyl (C=O) groups excluding carboxylic acids is 3. The lowest BCUT2D eigenvalue weighted by molar-refractivity contribution is -0.141. The van der Waals surface area contributed by atoms with E-state index in [0.717, 1.165) is 5.56 Å². The number of aromatic nitrogens is 1. The monoisotopic (exact) mass is 364 g/mol. The zero-order valence-electron chi connectivity index (χ0n) is 16.2. The van der Waals surface area contributed by atoms with Gasteiger partial charge >= 0.3 is 12.1 Å². The molecule has 144 valence electrons. The van der Waals surface area contributed by atoms with Crippen LogP contribution in [0.5, 0.6) is 0 Å². The predicted molar refractivity (Wildman–Crippen MR) is 98.0 cm³/mol. The van der Waals surface area contributed by atoms with Crippen molar-refractivity contribution < 1.29 is 23.9 Å². The molecule has 7 nitrogen and oxygen atoms in total. The SMILES string of the molecule is COC(=O)CCC(=O)CCCN(C(=O)OC(C)(C)C)c1cc(C)ccn1. The van der Waals surface area contributed by atoms with E-state index in [0.29, 0.717) is 18.8 Å². The molecule has 1 rings (SSSR count). The highest BCUT2D eigenvalue weighted by Gasteiger charge is 2.24. The van der Waals surface area contributed by atoms with Gasteiger partial charge in [-0.25, -0.2) is 9.78 Å². The third-order valence-electron chi connectivity index (χ3n) is 3.46. The molecule has 0 radical (unpaired) electrons. The highest BCUT2D eigenvalue weighted by Crippen LogP contribution is 2.18. The van der Waals surface area contributed by atoms with Crippen molar-refractivity contribution in [2.75, 3.05) is 18.6 Å². The summed E-state index contributed by atoms with van der Waals surface area (Å²) in [5.74, 6) is 0.0377. The fourth-order valence-corrected chi connectivity index (χ4v) is 2.19. The molecule has 0 atom stereocenters. The van der Waals surface area contributed by atoms with Gasteiger partial charge in [0, 0.05) is 25.6 Å². The van der Waals surface area contributed by atoms with Crippen molar-refractivity contribution in [1.82, 2.24) is 4.98 Å². The Labute approximate surface area is 154 Å². The van der Waals surface area contributed by atoms with Crippen molar-refractivity contribution in [2.45, 2.75) is 59.0 Å². The maximum absolute atomic E-state index is 12.5. The van der Waals surface area contributed by atoms with Gasteiger partial charge in [0.25, 0.3) is 0 Å². The molecular formula is C19H28N2O5. The maximum Gasteiger partial charge on any atom is 0.416 e. The molecule has 1 aromatic heterocycles. The lowest BCUT2D eigenvalue weighted by atomic mass is 10.1. The summed E-state index contributed by atoms with van der Waals surface area (Å²) in [7, 11) is 1.29. The Kier molecular flexibility index (Phi) is 8.22. The van der Waals surface area contributed by atoms with Gasteiger partial charge in [0.2, 0.25) is 0 Å². The summed E-state index contributed by atoms with van der Waals surface area (Å²) in [6.45, 7) is 7.60. The first-order chi connectivity index (χ1) is 12.1. The quantitative estimate of drug-likeness (QED) is 0.657. The van der Waals surface area contributed by atoms with Gasteiger partial charge in [-0.15, -0.1) is 0 Å². The molecule has 1 amide bonds. The standard InChI is InChI=1S/C19H28N2O5/c1-14-10-11-20-16(13-14)21(18(24)26-19(2,3)4)12-6-7-15(22)8-9-17(23)25-5/h10-11,13H,6-9,12H2,1-5H3. The molecule has 0 saturated carbocycles. The van der Waals surface area contributed by atoms with E-state index in [4.69, 9.17) is 4.74 Å². The second-order valence-corrected chi connectivity index (χ2v) is 7.04. The number of hydrogen-bond acceptors (Lipinski definition) is 6. The van der Waals surface area contributed by atoms with Crippen molar-refractivity contribution in [2.24, 2.45) is 0 Å². The van der Waals surface area contributed by atoms with E-state index in [1.807, 2.05) is 13.0 Å². The van der Waals surface area contributed by atoms with Crippen LogP contribution < -0.4 is 4.90 Å². The van der Waals surface area contributed by atoms with E-state index < -0.39 is 17.7 Å². The summed E-state index contributed by atoms with van der Waals surface area (Å²) >= 11 is 0. The summed E-state index contributed by atoms with van der Waals surface area (Å²) in [5.41, 5.74) is 0.341. The average Bonchev–Trinajstić information content (AvgIpc) is 2.54. The molecule has 0 bridgehead atoms. The Morgan fingerprint density at radius 3 is 2.42 bits per heavy atom. The van der Waals surface area contributed by atoms with Crippen LogP contribution in [0.15, 0.2) is 18.3 Å². The zero-order chi connectivity index (χ0) is 19.7. The van der Waals surface area contributed by atoms with Crippen LogP contribution in [0, 0.1) is 6.92 Å². The van der Waals surface area contributed by atoms with Crippen molar-refractivity contribution in [3.63, 3.8) is 0 Å². The largest absolute Gasteiger partial charge is 0.469 e. The number of amides is 1. The summed E-state index contributed by atoms with van der Waals surface area (Å²) < 4.78 is 9.97. The number of rotatable bonds is 8. The number of pyridine rings is 1. The van der Waals surface area contributed by atoms with E-state index in [2.05, 4.69) is 9.72 Å². The number of hydrogen-bond donors (Lipinski definition) is 0. The molecule has 0 unspecified atom stereocenters. The third-order valence-corrected chi connectivity index (χ3v) is 3.46. The number of Topliss-reactive ketones (excluding diaryl/α,β-unsaturated/α-hetero) is 1. The van der Waals surface area contributed by atoms with Crippen LogP contribution in [-0.2, 0) is 19.1 Å². The van der Waals surface area contributed by atoms with Crippen molar-refractivity contribution in [3.05, 3.63) is 23.9 Å². The molecule has 1 aromatic rings. The lowest BCUT2D eigenvalue weighted by Gasteiger charge is -2.27. The highest BCUT2D eigenvalue weighted by atomic mass is 16.6. The van der Waals surface area contributed by atoms with Crippen LogP contribution in [0.2, 0.25) is 0 Å². The molecule has 0 aliphatic carbocycles. The fraction of sp³-hybridized carbons (Fsp3) is 0.579. The Balaban J connectivity index is 2.70. The van der Waals surface area contributed by atoms with E-state index in [1.165, 1.54) is 12.0 Å². The molecule has 0 saturated heterocycles. The second-order valence-electron chi connectivity index (χ2n) is 7.04. The van der Waals surface area contributed by atoms with Crippen LogP contribution in [0.1, 0.15) is 52.0 Å². The van der Waals surface area contributed by atoms with Crippen LogP contribution in [0.3, 0.4) is 0 Å². The smallest absolute Gasteiger partial charge is 0.416 e.